The van der Waals surface area contributed by atoms with Gasteiger partial charge in [-0.3, -0.25) is 0 Å². The monoisotopic (exact) mass is 308 g/mol. The van der Waals surface area contributed by atoms with Gasteiger partial charge in [0.15, 0.2) is 6.10 Å². The van der Waals surface area contributed by atoms with Crippen molar-refractivity contribution in [1.82, 2.24) is 8.61 Å². The van der Waals surface area contributed by atoms with Crippen LogP contribution in [0, 0.1) is 0 Å². The van der Waals surface area contributed by atoms with Crippen LogP contribution in [0.15, 0.2) is 0 Å². The summed E-state index contributed by atoms with van der Waals surface area (Å²) in [5.41, 5.74) is 0. The first kappa shape index (κ1) is 17.4. The highest BCUT2D eigenvalue weighted by Gasteiger charge is 2.36. The topological polar surface area (TPSA) is 76.2 Å². The lowest BCUT2D eigenvalue weighted by Gasteiger charge is -2.34. The molecule has 1 aliphatic rings. The molecule has 0 bridgehead atoms. The van der Waals surface area contributed by atoms with Crippen molar-refractivity contribution in [2.75, 3.05) is 39.9 Å². The lowest BCUT2D eigenvalue weighted by molar-refractivity contribution is -0.157. The van der Waals surface area contributed by atoms with Crippen LogP contribution in [0.4, 0.5) is 0 Å². The van der Waals surface area contributed by atoms with Gasteiger partial charge in [0.1, 0.15) is 0 Å². The number of hydrogen-bond acceptors (Lipinski definition) is 5. The molecule has 0 aromatic heterocycles. The van der Waals surface area contributed by atoms with Gasteiger partial charge in [-0.25, -0.2) is 4.79 Å². The second-order valence-electron chi connectivity index (χ2n) is 4.65. The average molecular weight is 308 g/mol. The van der Waals surface area contributed by atoms with Crippen molar-refractivity contribution >= 4 is 16.2 Å². The fourth-order valence-electron chi connectivity index (χ4n) is 2.11. The van der Waals surface area contributed by atoms with Gasteiger partial charge in [0.05, 0.1) is 20.3 Å². The number of carbonyl (C=O) groups is 1. The number of methoxy groups -OCH3 is 1. The standard InChI is InChI=1S/C12H24N2O5S/c1-4-6-13(7-5-2)20(16,17)14-8-9-19-11(10-14)12(15)18-3/h11H,4-10H2,1-3H3. The number of rotatable bonds is 7. The molecule has 118 valence electrons. The normalized spacial score (nSPS) is 21.1. The SMILES string of the molecule is CCCN(CCC)S(=O)(=O)N1CCOC(C(=O)OC)C1. The molecular weight excluding hydrogens is 284 g/mol. The number of ether oxygens (including phenoxy) is 2. The average Bonchev–Trinajstić information content (AvgIpc) is 2.46. The Labute approximate surface area is 121 Å². The molecule has 1 aliphatic heterocycles. The zero-order chi connectivity index (χ0) is 15.2. The van der Waals surface area contributed by atoms with Crippen LogP contribution >= 0.6 is 0 Å². The molecule has 0 aromatic rings. The van der Waals surface area contributed by atoms with E-state index in [2.05, 4.69) is 4.74 Å². The summed E-state index contributed by atoms with van der Waals surface area (Å²) in [6, 6.07) is 0. The summed E-state index contributed by atoms with van der Waals surface area (Å²) in [7, 11) is -2.28. The van der Waals surface area contributed by atoms with Gasteiger partial charge in [0, 0.05) is 19.6 Å². The van der Waals surface area contributed by atoms with E-state index in [1.54, 1.807) is 0 Å². The van der Waals surface area contributed by atoms with Gasteiger partial charge >= 0.3 is 5.97 Å². The summed E-state index contributed by atoms with van der Waals surface area (Å²) in [4.78, 5) is 11.5. The fourth-order valence-corrected chi connectivity index (χ4v) is 3.90. The van der Waals surface area contributed by atoms with E-state index >= 15 is 0 Å². The van der Waals surface area contributed by atoms with Crippen molar-refractivity contribution in [3.8, 4) is 0 Å². The van der Waals surface area contributed by atoms with Crippen LogP contribution in [0.1, 0.15) is 26.7 Å². The Morgan fingerprint density at radius 1 is 1.35 bits per heavy atom. The van der Waals surface area contributed by atoms with E-state index in [9.17, 15) is 13.2 Å². The molecular formula is C12H24N2O5S. The lowest BCUT2D eigenvalue weighted by atomic mass is 10.3. The molecule has 0 aliphatic carbocycles. The van der Waals surface area contributed by atoms with Crippen molar-refractivity contribution in [2.45, 2.75) is 32.8 Å². The number of nitrogens with zero attached hydrogens (tertiary/aromatic N) is 2. The van der Waals surface area contributed by atoms with E-state index in [1.807, 2.05) is 13.8 Å². The van der Waals surface area contributed by atoms with Crippen molar-refractivity contribution in [2.24, 2.45) is 0 Å². The third kappa shape index (κ3) is 4.15. The molecule has 0 amide bonds. The Bertz CT molecular complexity index is 406. The van der Waals surface area contributed by atoms with E-state index in [0.717, 1.165) is 12.8 Å². The Morgan fingerprint density at radius 3 is 2.45 bits per heavy atom. The Morgan fingerprint density at radius 2 is 1.95 bits per heavy atom. The van der Waals surface area contributed by atoms with E-state index in [4.69, 9.17) is 4.74 Å². The lowest BCUT2D eigenvalue weighted by Crippen LogP contribution is -2.53. The molecule has 0 N–H and O–H groups in total. The fraction of sp³-hybridized carbons (Fsp3) is 0.917. The molecule has 0 aromatic carbocycles. The Balaban J connectivity index is 2.81. The van der Waals surface area contributed by atoms with Crippen molar-refractivity contribution in [3.05, 3.63) is 0 Å². The molecule has 20 heavy (non-hydrogen) atoms. The maximum absolute atomic E-state index is 12.6. The first-order chi connectivity index (χ1) is 9.47. The zero-order valence-corrected chi connectivity index (χ0v) is 13.2. The Kier molecular flexibility index (Phi) is 6.87. The molecule has 1 atom stereocenters. The minimum absolute atomic E-state index is 0.0128. The highest BCUT2D eigenvalue weighted by molar-refractivity contribution is 7.86. The third-order valence-electron chi connectivity index (χ3n) is 3.09. The molecule has 1 saturated heterocycles. The van der Waals surface area contributed by atoms with Crippen molar-refractivity contribution < 1.29 is 22.7 Å². The Hall–Kier alpha value is -0.700. The molecule has 0 spiro atoms. The molecule has 8 heteroatoms. The summed E-state index contributed by atoms with van der Waals surface area (Å²) in [5, 5.41) is 0. The first-order valence-corrected chi connectivity index (χ1v) is 8.31. The molecule has 0 saturated carbocycles. The summed E-state index contributed by atoms with van der Waals surface area (Å²) in [6.07, 6.45) is 0.669. The van der Waals surface area contributed by atoms with Gasteiger partial charge in [-0.2, -0.15) is 17.0 Å². The molecule has 1 fully saturated rings. The smallest absolute Gasteiger partial charge is 0.336 e. The molecule has 1 unspecified atom stereocenters. The van der Waals surface area contributed by atoms with Crippen LogP contribution in [0.3, 0.4) is 0 Å². The van der Waals surface area contributed by atoms with Crippen LogP contribution < -0.4 is 0 Å². The number of hydrogen-bond donors (Lipinski definition) is 0. The first-order valence-electron chi connectivity index (χ1n) is 6.92. The van der Waals surface area contributed by atoms with E-state index < -0.39 is 22.3 Å². The molecule has 1 heterocycles. The van der Waals surface area contributed by atoms with Gasteiger partial charge < -0.3 is 9.47 Å². The van der Waals surface area contributed by atoms with Gasteiger partial charge in [0.25, 0.3) is 10.2 Å². The van der Waals surface area contributed by atoms with Gasteiger partial charge in [-0.1, -0.05) is 13.8 Å². The third-order valence-corrected chi connectivity index (χ3v) is 5.09. The minimum Gasteiger partial charge on any atom is -0.467 e. The molecule has 1 rings (SSSR count). The van der Waals surface area contributed by atoms with E-state index in [0.29, 0.717) is 13.1 Å². The van der Waals surface area contributed by atoms with Crippen molar-refractivity contribution in [1.29, 1.82) is 0 Å². The zero-order valence-electron chi connectivity index (χ0n) is 12.4. The summed E-state index contributed by atoms with van der Waals surface area (Å²) in [6.45, 7) is 5.32. The van der Waals surface area contributed by atoms with Crippen LogP contribution in [0.5, 0.6) is 0 Å². The van der Waals surface area contributed by atoms with E-state index in [1.165, 1.54) is 15.7 Å². The summed E-state index contributed by atoms with van der Waals surface area (Å²) < 4.78 is 37.8. The summed E-state index contributed by atoms with van der Waals surface area (Å²) in [5.74, 6) is -0.539. The highest BCUT2D eigenvalue weighted by Crippen LogP contribution is 2.15. The van der Waals surface area contributed by atoms with Crippen molar-refractivity contribution in [3.63, 3.8) is 0 Å². The predicted molar refractivity (Wildman–Crippen MR) is 74.4 cm³/mol. The second kappa shape index (κ2) is 7.92. The van der Waals surface area contributed by atoms with Gasteiger partial charge in [-0.15, -0.1) is 0 Å². The maximum atomic E-state index is 12.6. The minimum atomic E-state index is -3.54. The molecule has 7 nitrogen and oxygen atoms in total. The van der Waals surface area contributed by atoms with Gasteiger partial charge in [-0.05, 0) is 12.8 Å². The number of morpholine rings is 1. The summed E-state index contributed by atoms with van der Waals surface area (Å²) >= 11 is 0. The largest absolute Gasteiger partial charge is 0.467 e. The number of carbonyl (C=O) groups excluding carboxylic acids is 1. The van der Waals surface area contributed by atoms with Crippen LogP contribution in [-0.4, -0.2) is 69.0 Å². The quantitative estimate of drug-likeness (QED) is 0.629. The maximum Gasteiger partial charge on any atom is 0.336 e. The van der Waals surface area contributed by atoms with Gasteiger partial charge in [0.2, 0.25) is 0 Å². The molecule has 0 radical (unpaired) electrons. The van der Waals surface area contributed by atoms with Crippen LogP contribution in [0.2, 0.25) is 0 Å². The second-order valence-corrected chi connectivity index (χ2v) is 6.58. The predicted octanol–water partition coefficient (Wildman–Crippen LogP) is 0.227. The highest BCUT2D eigenvalue weighted by atomic mass is 32.2. The van der Waals surface area contributed by atoms with Crippen LogP contribution in [-0.2, 0) is 24.5 Å². The number of esters is 1. The van der Waals surface area contributed by atoms with Crippen LogP contribution in [0.25, 0.3) is 0 Å². The van der Waals surface area contributed by atoms with E-state index in [-0.39, 0.29) is 19.7 Å².